The summed E-state index contributed by atoms with van der Waals surface area (Å²) in [6.07, 6.45) is 4.27. The number of benzene rings is 1. The summed E-state index contributed by atoms with van der Waals surface area (Å²) in [6, 6.07) is 10.00. The van der Waals surface area contributed by atoms with E-state index in [1.807, 2.05) is 24.3 Å². The van der Waals surface area contributed by atoms with Crippen LogP contribution < -0.4 is 4.74 Å². The topological polar surface area (TPSA) is 66.4 Å². The highest BCUT2D eigenvalue weighted by Gasteiger charge is 2.44. The summed E-state index contributed by atoms with van der Waals surface area (Å²) in [6.45, 7) is 0. The molecule has 0 fully saturated rings. The van der Waals surface area contributed by atoms with E-state index in [4.69, 9.17) is 9.15 Å². The van der Waals surface area contributed by atoms with Gasteiger partial charge in [0, 0.05) is 6.42 Å². The first kappa shape index (κ1) is 13.7. The fourth-order valence-electron chi connectivity index (χ4n) is 3.11. The Labute approximate surface area is 123 Å². The molecule has 4 nitrogen and oxygen atoms in total. The molecule has 1 aromatic heterocycles. The molecule has 1 aromatic carbocycles. The lowest BCUT2D eigenvalue weighted by molar-refractivity contribution is 0.137. The van der Waals surface area contributed by atoms with Crippen molar-refractivity contribution in [1.29, 1.82) is 5.26 Å². The predicted octanol–water partition coefficient (Wildman–Crippen LogP) is 2.60. The average Bonchev–Trinajstić information content (AvgIpc) is 2.96. The van der Waals surface area contributed by atoms with Crippen molar-refractivity contribution >= 4 is 0 Å². The van der Waals surface area contributed by atoms with Gasteiger partial charge >= 0.3 is 0 Å². The van der Waals surface area contributed by atoms with Gasteiger partial charge in [-0.25, -0.2) is 0 Å². The van der Waals surface area contributed by atoms with Crippen LogP contribution in [0, 0.1) is 11.3 Å². The Bertz CT molecular complexity index is 672. The Morgan fingerprint density at radius 1 is 1.48 bits per heavy atom. The van der Waals surface area contributed by atoms with Gasteiger partial charge in [-0.1, -0.05) is 6.07 Å². The molecule has 0 amide bonds. The van der Waals surface area contributed by atoms with Gasteiger partial charge in [0.15, 0.2) is 0 Å². The zero-order chi connectivity index (χ0) is 14.9. The number of ether oxygens (including phenoxy) is 1. The fraction of sp³-hybridized carbons (Fsp3) is 0.353. The lowest BCUT2D eigenvalue weighted by atomic mass is 9.62. The molecule has 0 spiro atoms. The van der Waals surface area contributed by atoms with Crippen molar-refractivity contribution in [3.63, 3.8) is 0 Å². The maximum atomic E-state index is 10.3. The van der Waals surface area contributed by atoms with Gasteiger partial charge in [-0.2, -0.15) is 5.26 Å². The number of furan rings is 1. The first-order valence-electron chi connectivity index (χ1n) is 6.95. The monoisotopic (exact) mass is 283 g/mol. The van der Waals surface area contributed by atoms with E-state index in [-0.39, 0.29) is 0 Å². The lowest BCUT2D eigenvalue weighted by Gasteiger charge is -2.39. The number of nitriles is 1. The molecule has 0 radical (unpaired) electrons. The van der Waals surface area contributed by atoms with Gasteiger partial charge in [-0.3, -0.25) is 0 Å². The van der Waals surface area contributed by atoms with Crippen molar-refractivity contribution in [2.45, 2.75) is 30.8 Å². The standard InChI is InChI=1S/C17H17NO3/c1-20-15-2-3-16-13(7-15)8-17(16,11-18)9-14(19)6-12-4-5-21-10-12/h2-5,7,10,14,19H,6,8-9H2,1H3. The van der Waals surface area contributed by atoms with Gasteiger partial charge in [0.05, 0.1) is 37.2 Å². The van der Waals surface area contributed by atoms with Crippen LogP contribution in [0.4, 0.5) is 0 Å². The Balaban J connectivity index is 1.75. The highest BCUT2D eigenvalue weighted by molar-refractivity contribution is 5.53. The minimum atomic E-state index is -0.579. The minimum Gasteiger partial charge on any atom is -0.497 e. The molecule has 21 heavy (non-hydrogen) atoms. The van der Waals surface area contributed by atoms with Crippen molar-refractivity contribution in [3.8, 4) is 11.8 Å². The molecule has 1 N–H and O–H groups in total. The van der Waals surface area contributed by atoms with Gasteiger partial charge < -0.3 is 14.3 Å². The summed E-state index contributed by atoms with van der Waals surface area (Å²) >= 11 is 0. The number of aliphatic hydroxyl groups excluding tert-OH is 1. The third-order valence-electron chi connectivity index (χ3n) is 4.17. The largest absolute Gasteiger partial charge is 0.497 e. The zero-order valence-electron chi connectivity index (χ0n) is 11.9. The summed E-state index contributed by atoms with van der Waals surface area (Å²) in [4.78, 5) is 0. The zero-order valence-corrected chi connectivity index (χ0v) is 11.9. The second-order valence-corrected chi connectivity index (χ2v) is 5.59. The van der Waals surface area contributed by atoms with E-state index in [1.165, 1.54) is 0 Å². The number of aliphatic hydroxyl groups is 1. The van der Waals surface area contributed by atoms with Gasteiger partial charge in [-0.05, 0) is 47.7 Å². The van der Waals surface area contributed by atoms with Crippen LogP contribution in [0.3, 0.4) is 0 Å². The summed E-state index contributed by atoms with van der Waals surface area (Å²) in [5, 5.41) is 19.8. The average molecular weight is 283 g/mol. The van der Waals surface area contributed by atoms with Crippen molar-refractivity contribution in [1.82, 2.24) is 0 Å². The SMILES string of the molecule is COc1ccc2c(c1)CC2(C#N)CC(O)Cc1ccoc1. The van der Waals surface area contributed by atoms with E-state index in [1.54, 1.807) is 19.6 Å². The molecule has 0 saturated carbocycles. The van der Waals surface area contributed by atoms with E-state index >= 15 is 0 Å². The Morgan fingerprint density at radius 3 is 2.95 bits per heavy atom. The quantitative estimate of drug-likeness (QED) is 0.916. The molecule has 1 heterocycles. The van der Waals surface area contributed by atoms with Crippen LogP contribution in [0.2, 0.25) is 0 Å². The number of rotatable bonds is 5. The van der Waals surface area contributed by atoms with Crippen LogP contribution in [0.1, 0.15) is 23.1 Å². The summed E-state index contributed by atoms with van der Waals surface area (Å²) in [5.74, 6) is 0.805. The molecule has 2 aromatic rings. The normalized spacial score (nSPS) is 21.0. The van der Waals surface area contributed by atoms with Crippen molar-refractivity contribution in [2.75, 3.05) is 7.11 Å². The van der Waals surface area contributed by atoms with Crippen LogP contribution in [0.5, 0.6) is 5.75 Å². The Kier molecular flexibility index (Phi) is 3.44. The first-order valence-corrected chi connectivity index (χ1v) is 6.95. The highest BCUT2D eigenvalue weighted by atomic mass is 16.5. The smallest absolute Gasteiger partial charge is 0.119 e. The van der Waals surface area contributed by atoms with E-state index in [2.05, 4.69) is 6.07 Å². The molecule has 0 aliphatic heterocycles. The summed E-state index contributed by atoms with van der Waals surface area (Å²) in [5.41, 5.74) is 2.51. The lowest BCUT2D eigenvalue weighted by Crippen LogP contribution is -2.41. The van der Waals surface area contributed by atoms with Gasteiger partial charge in [0.1, 0.15) is 5.75 Å². The maximum Gasteiger partial charge on any atom is 0.119 e. The third-order valence-corrected chi connectivity index (χ3v) is 4.17. The molecule has 2 atom stereocenters. The van der Waals surface area contributed by atoms with Crippen LogP contribution in [0.15, 0.2) is 41.2 Å². The van der Waals surface area contributed by atoms with Gasteiger partial charge in [0.2, 0.25) is 0 Å². The number of nitrogens with zero attached hydrogens (tertiary/aromatic N) is 1. The molecule has 108 valence electrons. The number of hydrogen-bond donors (Lipinski definition) is 1. The first-order chi connectivity index (χ1) is 10.2. The number of fused-ring (bicyclic) bond motifs is 1. The fourth-order valence-corrected chi connectivity index (χ4v) is 3.11. The molecular formula is C17H17NO3. The molecule has 1 aliphatic carbocycles. The van der Waals surface area contributed by atoms with E-state index in [9.17, 15) is 10.4 Å². The van der Waals surface area contributed by atoms with E-state index < -0.39 is 11.5 Å². The van der Waals surface area contributed by atoms with E-state index in [0.717, 1.165) is 22.4 Å². The van der Waals surface area contributed by atoms with Crippen molar-refractivity contribution < 1.29 is 14.3 Å². The number of methoxy groups -OCH3 is 1. The molecular weight excluding hydrogens is 266 g/mol. The van der Waals surface area contributed by atoms with Crippen LogP contribution in [-0.4, -0.2) is 18.3 Å². The van der Waals surface area contributed by atoms with Crippen molar-refractivity contribution in [3.05, 3.63) is 53.5 Å². The van der Waals surface area contributed by atoms with Crippen LogP contribution in [-0.2, 0) is 18.3 Å². The molecule has 4 heteroatoms. The van der Waals surface area contributed by atoms with Gasteiger partial charge in [-0.15, -0.1) is 0 Å². The molecule has 1 aliphatic rings. The maximum absolute atomic E-state index is 10.3. The molecule has 3 rings (SSSR count). The second-order valence-electron chi connectivity index (χ2n) is 5.59. The molecule has 0 saturated heterocycles. The second kappa shape index (κ2) is 5.27. The Morgan fingerprint density at radius 2 is 2.33 bits per heavy atom. The van der Waals surface area contributed by atoms with Crippen LogP contribution >= 0.6 is 0 Å². The van der Waals surface area contributed by atoms with Crippen LogP contribution in [0.25, 0.3) is 0 Å². The molecule has 0 bridgehead atoms. The van der Waals surface area contributed by atoms with Gasteiger partial charge in [0.25, 0.3) is 0 Å². The van der Waals surface area contributed by atoms with E-state index in [0.29, 0.717) is 19.3 Å². The molecule has 2 unspecified atom stereocenters. The highest BCUT2D eigenvalue weighted by Crippen LogP contribution is 2.45. The number of hydrogen-bond acceptors (Lipinski definition) is 4. The van der Waals surface area contributed by atoms with Crippen molar-refractivity contribution in [2.24, 2.45) is 0 Å². The predicted molar refractivity (Wildman–Crippen MR) is 77.0 cm³/mol. The minimum absolute atomic E-state index is 0.439. The third kappa shape index (κ3) is 2.41. The summed E-state index contributed by atoms with van der Waals surface area (Å²) in [7, 11) is 1.63. The summed E-state index contributed by atoms with van der Waals surface area (Å²) < 4.78 is 10.2. The Hall–Kier alpha value is -2.25.